The van der Waals surface area contributed by atoms with E-state index in [4.69, 9.17) is 4.98 Å². The molecule has 0 fully saturated rings. The van der Waals surface area contributed by atoms with Crippen LogP contribution in [0.5, 0.6) is 0 Å². The standard InChI is InChI=1S/C21H19N4/c1-14-15(2)25(21-22-18-10-6-7-11-19(18)24(14)21)20-17-9-5-4-8-16(17)12-13-23(20)3/h4-13H,1-3H3/q+1. The third-order valence-electron chi connectivity index (χ3n) is 5.16. The summed E-state index contributed by atoms with van der Waals surface area (Å²) in [7, 11) is 2.09. The Balaban J connectivity index is 2.01. The van der Waals surface area contributed by atoms with E-state index < -0.39 is 0 Å². The molecule has 0 N–H and O–H groups in total. The predicted octanol–water partition coefficient (Wildman–Crippen LogP) is 3.87. The normalized spacial score (nSPS) is 11.8. The zero-order valence-electron chi connectivity index (χ0n) is 14.6. The molecule has 0 saturated carbocycles. The van der Waals surface area contributed by atoms with Crippen LogP contribution in [0.15, 0.2) is 60.8 Å². The van der Waals surface area contributed by atoms with E-state index in [-0.39, 0.29) is 0 Å². The summed E-state index contributed by atoms with van der Waals surface area (Å²) < 4.78 is 6.71. The quantitative estimate of drug-likeness (QED) is 0.429. The molecule has 5 rings (SSSR count). The van der Waals surface area contributed by atoms with Gasteiger partial charge in [-0.1, -0.05) is 30.3 Å². The molecule has 0 aliphatic rings. The summed E-state index contributed by atoms with van der Waals surface area (Å²) in [5, 5.41) is 2.45. The Morgan fingerprint density at radius 2 is 1.64 bits per heavy atom. The maximum absolute atomic E-state index is 4.93. The van der Waals surface area contributed by atoms with Crippen molar-refractivity contribution in [1.29, 1.82) is 0 Å². The minimum Gasteiger partial charge on any atom is -0.259 e. The fourth-order valence-electron chi connectivity index (χ4n) is 3.80. The SMILES string of the molecule is Cc1c(C)n2c3ccccc3nc2n1-c1c2ccccc2cc[n+]1C. The second kappa shape index (κ2) is 4.93. The van der Waals surface area contributed by atoms with Crippen LogP contribution in [0.25, 0.3) is 33.4 Å². The van der Waals surface area contributed by atoms with Gasteiger partial charge in [-0.3, -0.25) is 4.40 Å². The number of hydrogen-bond donors (Lipinski definition) is 0. The Kier molecular flexibility index (Phi) is 2.80. The molecule has 2 aromatic carbocycles. The Bertz CT molecular complexity index is 1270. The van der Waals surface area contributed by atoms with E-state index in [1.165, 1.54) is 22.2 Å². The van der Waals surface area contributed by atoms with E-state index in [1.54, 1.807) is 0 Å². The molecule has 0 radical (unpaired) electrons. The van der Waals surface area contributed by atoms with Crippen molar-refractivity contribution in [3.05, 3.63) is 72.2 Å². The molecule has 0 saturated heterocycles. The van der Waals surface area contributed by atoms with Crippen molar-refractivity contribution >= 4 is 27.6 Å². The molecule has 0 atom stereocenters. The predicted molar refractivity (Wildman–Crippen MR) is 100 cm³/mol. The van der Waals surface area contributed by atoms with E-state index in [0.717, 1.165) is 22.6 Å². The molecule has 3 aromatic heterocycles. The summed E-state index contributed by atoms with van der Waals surface area (Å²) >= 11 is 0. The number of aryl methyl sites for hydroxylation is 2. The van der Waals surface area contributed by atoms with E-state index in [0.29, 0.717) is 0 Å². The number of rotatable bonds is 1. The maximum atomic E-state index is 4.93. The maximum Gasteiger partial charge on any atom is 0.312 e. The Morgan fingerprint density at radius 3 is 2.52 bits per heavy atom. The number of benzene rings is 2. The lowest BCUT2D eigenvalue weighted by atomic mass is 10.1. The number of aromatic nitrogens is 4. The number of para-hydroxylation sites is 2. The van der Waals surface area contributed by atoms with Crippen molar-refractivity contribution in [3.8, 4) is 5.82 Å². The molecule has 0 aliphatic heterocycles. The van der Waals surface area contributed by atoms with E-state index >= 15 is 0 Å². The van der Waals surface area contributed by atoms with E-state index in [9.17, 15) is 0 Å². The Morgan fingerprint density at radius 1 is 0.880 bits per heavy atom. The van der Waals surface area contributed by atoms with Gasteiger partial charge in [-0.25, -0.2) is 4.57 Å². The molecule has 122 valence electrons. The molecule has 0 aliphatic carbocycles. The summed E-state index contributed by atoms with van der Waals surface area (Å²) in [6.07, 6.45) is 2.12. The van der Waals surface area contributed by atoms with Gasteiger partial charge in [0.1, 0.15) is 5.69 Å². The fraction of sp³-hybridized carbons (Fsp3) is 0.143. The van der Waals surface area contributed by atoms with Crippen molar-refractivity contribution in [1.82, 2.24) is 14.0 Å². The third-order valence-corrected chi connectivity index (χ3v) is 5.16. The summed E-state index contributed by atoms with van der Waals surface area (Å²) in [6, 6.07) is 19.0. The van der Waals surface area contributed by atoms with Gasteiger partial charge in [0.05, 0.1) is 35.4 Å². The van der Waals surface area contributed by atoms with Gasteiger partial charge in [0.2, 0.25) is 0 Å². The number of pyridine rings is 1. The van der Waals surface area contributed by atoms with Gasteiger partial charge in [-0.2, -0.15) is 9.55 Å². The Labute approximate surface area is 145 Å². The molecular formula is C21H19N4+. The minimum atomic E-state index is 0.961. The van der Waals surface area contributed by atoms with Crippen LogP contribution < -0.4 is 4.57 Å². The van der Waals surface area contributed by atoms with E-state index in [2.05, 4.69) is 89.2 Å². The van der Waals surface area contributed by atoms with Crippen LogP contribution in [0.2, 0.25) is 0 Å². The number of nitrogens with zero attached hydrogens (tertiary/aromatic N) is 4. The van der Waals surface area contributed by atoms with Gasteiger partial charge in [-0.05, 0) is 43.5 Å². The second-order valence-electron chi connectivity index (χ2n) is 6.58. The summed E-state index contributed by atoms with van der Waals surface area (Å²) in [4.78, 5) is 4.93. The molecule has 0 unspecified atom stereocenters. The lowest BCUT2D eigenvalue weighted by Crippen LogP contribution is -2.34. The van der Waals surface area contributed by atoms with Crippen LogP contribution in [-0.2, 0) is 7.05 Å². The van der Waals surface area contributed by atoms with Gasteiger partial charge >= 0.3 is 5.78 Å². The molecule has 0 bridgehead atoms. The van der Waals surface area contributed by atoms with Gasteiger partial charge in [-0.15, -0.1) is 0 Å². The second-order valence-corrected chi connectivity index (χ2v) is 6.58. The Hall–Kier alpha value is -3.14. The molecule has 5 aromatic rings. The first kappa shape index (κ1) is 14.2. The zero-order chi connectivity index (χ0) is 17.1. The van der Waals surface area contributed by atoms with Crippen LogP contribution in [0.1, 0.15) is 11.4 Å². The van der Waals surface area contributed by atoms with Crippen LogP contribution in [0, 0.1) is 13.8 Å². The average molecular weight is 327 g/mol. The number of imidazole rings is 2. The first-order valence-corrected chi connectivity index (χ1v) is 8.49. The third kappa shape index (κ3) is 1.82. The smallest absolute Gasteiger partial charge is 0.259 e. The molecular weight excluding hydrogens is 308 g/mol. The van der Waals surface area contributed by atoms with Crippen LogP contribution in [-0.4, -0.2) is 14.0 Å². The lowest BCUT2D eigenvalue weighted by Gasteiger charge is -2.06. The molecule has 25 heavy (non-hydrogen) atoms. The topological polar surface area (TPSA) is 26.1 Å². The van der Waals surface area contributed by atoms with Crippen molar-refractivity contribution in [2.24, 2.45) is 7.05 Å². The highest BCUT2D eigenvalue weighted by atomic mass is 15.3. The van der Waals surface area contributed by atoms with E-state index in [1.807, 2.05) is 6.07 Å². The molecule has 0 spiro atoms. The highest BCUT2D eigenvalue weighted by molar-refractivity contribution is 5.88. The van der Waals surface area contributed by atoms with Crippen LogP contribution in [0.4, 0.5) is 0 Å². The number of fused-ring (bicyclic) bond motifs is 4. The molecule has 3 heterocycles. The van der Waals surface area contributed by atoms with Gasteiger partial charge in [0.15, 0.2) is 0 Å². The van der Waals surface area contributed by atoms with Crippen LogP contribution in [0.3, 0.4) is 0 Å². The lowest BCUT2D eigenvalue weighted by molar-refractivity contribution is -0.664. The molecule has 4 nitrogen and oxygen atoms in total. The average Bonchev–Trinajstić information content (AvgIpc) is 3.12. The van der Waals surface area contributed by atoms with Gasteiger partial charge in [0, 0.05) is 0 Å². The van der Waals surface area contributed by atoms with Gasteiger partial charge < -0.3 is 0 Å². The highest BCUT2D eigenvalue weighted by Gasteiger charge is 2.26. The molecule has 4 heteroatoms. The summed E-state index contributed by atoms with van der Waals surface area (Å²) in [6.45, 7) is 4.33. The monoisotopic (exact) mass is 327 g/mol. The number of hydrogen-bond acceptors (Lipinski definition) is 1. The van der Waals surface area contributed by atoms with Crippen LogP contribution >= 0.6 is 0 Å². The molecule has 0 amide bonds. The summed E-state index contributed by atoms with van der Waals surface area (Å²) in [5.41, 5.74) is 4.61. The minimum absolute atomic E-state index is 0.961. The highest BCUT2D eigenvalue weighted by Crippen LogP contribution is 2.28. The first-order chi connectivity index (χ1) is 12.2. The van der Waals surface area contributed by atoms with Crippen molar-refractivity contribution in [3.63, 3.8) is 0 Å². The summed E-state index contributed by atoms with van der Waals surface area (Å²) in [5.74, 6) is 2.10. The zero-order valence-corrected chi connectivity index (χ0v) is 14.6. The fourth-order valence-corrected chi connectivity index (χ4v) is 3.80. The van der Waals surface area contributed by atoms with Crippen molar-refractivity contribution in [2.75, 3.05) is 0 Å². The van der Waals surface area contributed by atoms with Gasteiger partial charge in [0.25, 0.3) is 5.82 Å². The van der Waals surface area contributed by atoms with Crippen molar-refractivity contribution < 1.29 is 4.57 Å². The largest absolute Gasteiger partial charge is 0.312 e. The van der Waals surface area contributed by atoms with Crippen molar-refractivity contribution in [2.45, 2.75) is 13.8 Å². The first-order valence-electron chi connectivity index (χ1n) is 8.49.